The second kappa shape index (κ2) is 8.71. The Morgan fingerprint density at radius 3 is 2.63 bits per heavy atom. The monoisotopic (exact) mass is 448 g/mol. The maximum atomic E-state index is 4.81. The first-order valence-electron chi connectivity index (χ1n) is 9.86. The number of benzene rings is 2. The molecule has 0 aliphatic heterocycles. The third kappa shape index (κ3) is 3.80. The number of thiophene rings is 1. The van der Waals surface area contributed by atoms with E-state index < -0.39 is 0 Å². The van der Waals surface area contributed by atoms with Crippen LogP contribution in [0.25, 0.3) is 32.0 Å². The first-order valence-corrected chi connectivity index (χ1v) is 12.6. The minimum absolute atomic E-state index is 0.787. The van der Waals surface area contributed by atoms with E-state index in [1.54, 1.807) is 34.4 Å². The molecule has 3 aromatic heterocycles. The Hall–Kier alpha value is -2.48. The average Bonchev–Trinajstić information content (AvgIpc) is 3.52. The highest BCUT2D eigenvalue weighted by molar-refractivity contribution is 7.98. The van der Waals surface area contributed by atoms with E-state index in [0.717, 1.165) is 40.4 Å². The van der Waals surface area contributed by atoms with Crippen LogP contribution in [-0.4, -0.2) is 19.7 Å². The van der Waals surface area contributed by atoms with Crippen LogP contribution in [0.15, 0.2) is 70.5 Å². The summed E-state index contributed by atoms with van der Waals surface area (Å²) in [5.74, 6) is 1.75. The van der Waals surface area contributed by atoms with Crippen molar-refractivity contribution in [1.82, 2.24) is 19.7 Å². The predicted molar refractivity (Wildman–Crippen MR) is 128 cm³/mol. The number of aromatic nitrogens is 4. The highest BCUT2D eigenvalue weighted by atomic mass is 32.2. The third-order valence-electron chi connectivity index (χ3n) is 4.81. The molecular weight excluding hydrogens is 428 g/mol. The van der Waals surface area contributed by atoms with Crippen molar-refractivity contribution in [1.29, 1.82) is 0 Å². The van der Waals surface area contributed by atoms with E-state index in [9.17, 15) is 0 Å². The molecule has 0 unspecified atom stereocenters. The molecule has 0 saturated heterocycles. The summed E-state index contributed by atoms with van der Waals surface area (Å²) in [6, 6.07) is 18.8. The van der Waals surface area contributed by atoms with Crippen molar-refractivity contribution in [3.05, 3.63) is 71.1 Å². The van der Waals surface area contributed by atoms with Crippen LogP contribution >= 0.6 is 34.4 Å². The van der Waals surface area contributed by atoms with Gasteiger partial charge in [0, 0.05) is 44.3 Å². The van der Waals surface area contributed by atoms with E-state index in [1.165, 1.54) is 21.2 Å². The lowest BCUT2D eigenvalue weighted by atomic mass is 10.1. The fraction of sp³-hybridized carbons (Fsp3) is 0.174. The van der Waals surface area contributed by atoms with Crippen molar-refractivity contribution >= 4 is 44.5 Å². The molecule has 0 fully saturated rings. The van der Waals surface area contributed by atoms with E-state index >= 15 is 0 Å². The molecule has 5 aromatic rings. The summed E-state index contributed by atoms with van der Waals surface area (Å²) in [5.41, 5.74) is 3.42. The summed E-state index contributed by atoms with van der Waals surface area (Å²) < 4.78 is 3.53. The smallest absolute Gasteiger partial charge is 0.191 e. The molecule has 2 aromatic carbocycles. The Kier molecular flexibility index (Phi) is 5.66. The second-order valence-corrected chi connectivity index (χ2v) is 9.61. The van der Waals surface area contributed by atoms with Crippen molar-refractivity contribution in [3.63, 3.8) is 0 Å². The summed E-state index contributed by atoms with van der Waals surface area (Å²) >= 11 is 5.16. The van der Waals surface area contributed by atoms with Gasteiger partial charge in [-0.05, 0) is 12.5 Å². The van der Waals surface area contributed by atoms with E-state index in [4.69, 9.17) is 4.98 Å². The van der Waals surface area contributed by atoms with Crippen LogP contribution in [0.2, 0.25) is 0 Å². The van der Waals surface area contributed by atoms with Gasteiger partial charge in [-0.15, -0.1) is 32.9 Å². The summed E-state index contributed by atoms with van der Waals surface area (Å²) in [6.07, 6.45) is 1.04. The van der Waals surface area contributed by atoms with Gasteiger partial charge in [0.25, 0.3) is 0 Å². The Bertz CT molecular complexity index is 1270. The zero-order valence-corrected chi connectivity index (χ0v) is 18.9. The lowest BCUT2D eigenvalue weighted by Gasteiger charge is -2.08. The van der Waals surface area contributed by atoms with Gasteiger partial charge in [-0.25, -0.2) is 4.98 Å². The maximum Gasteiger partial charge on any atom is 0.191 e. The third-order valence-corrected chi connectivity index (χ3v) is 7.71. The number of hydrogen-bond donors (Lipinski definition) is 0. The minimum atomic E-state index is 0.787. The average molecular weight is 449 g/mol. The zero-order chi connectivity index (χ0) is 20.3. The van der Waals surface area contributed by atoms with Crippen molar-refractivity contribution in [2.75, 3.05) is 0 Å². The van der Waals surface area contributed by atoms with E-state index in [2.05, 4.69) is 68.8 Å². The summed E-state index contributed by atoms with van der Waals surface area (Å²) in [5, 5.41) is 16.7. The molecule has 0 spiro atoms. The van der Waals surface area contributed by atoms with Crippen molar-refractivity contribution in [2.45, 2.75) is 30.8 Å². The van der Waals surface area contributed by atoms with Gasteiger partial charge in [-0.3, -0.25) is 0 Å². The quantitative estimate of drug-likeness (QED) is 0.252. The molecule has 30 heavy (non-hydrogen) atoms. The molecule has 0 N–H and O–H groups in total. The van der Waals surface area contributed by atoms with Gasteiger partial charge in [0.05, 0.1) is 5.69 Å². The normalized spacial score (nSPS) is 11.4. The molecule has 7 heteroatoms. The number of thioether (sulfide) groups is 1. The number of rotatable bonds is 7. The number of hydrogen-bond acceptors (Lipinski definition) is 6. The molecule has 5 rings (SSSR count). The molecule has 150 valence electrons. The number of fused-ring (bicyclic) bond motifs is 1. The van der Waals surface area contributed by atoms with Gasteiger partial charge in [0.2, 0.25) is 0 Å². The van der Waals surface area contributed by atoms with Gasteiger partial charge < -0.3 is 4.57 Å². The largest absolute Gasteiger partial charge is 0.302 e. The topological polar surface area (TPSA) is 43.6 Å². The molecule has 0 saturated carbocycles. The van der Waals surface area contributed by atoms with Gasteiger partial charge in [-0.1, -0.05) is 67.2 Å². The molecule has 0 atom stereocenters. The van der Waals surface area contributed by atoms with Gasteiger partial charge in [0.15, 0.2) is 11.0 Å². The van der Waals surface area contributed by atoms with Crippen LogP contribution in [-0.2, 0) is 12.3 Å². The highest BCUT2D eigenvalue weighted by Gasteiger charge is 2.17. The fourth-order valence-electron chi connectivity index (χ4n) is 3.40. The lowest BCUT2D eigenvalue weighted by Crippen LogP contribution is -2.01. The number of thiazole rings is 1. The maximum absolute atomic E-state index is 4.81. The fourth-order valence-corrected chi connectivity index (χ4v) is 6.12. The minimum Gasteiger partial charge on any atom is -0.302 e. The van der Waals surface area contributed by atoms with E-state index in [1.807, 2.05) is 18.2 Å². The van der Waals surface area contributed by atoms with Crippen molar-refractivity contribution < 1.29 is 0 Å². The highest BCUT2D eigenvalue weighted by Crippen LogP contribution is 2.35. The van der Waals surface area contributed by atoms with E-state index in [-0.39, 0.29) is 0 Å². The SMILES string of the molecule is CCCn1c(SCc2csc(-c3ccccc3)n2)nnc1-c1csc2ccccc12. The van der Waals surface area contributed by atoms with Crippen molar-refractivity contribution in [3.8, 4) is 22.0 Å². The zero-order valence-electron chi connectivity index (χ0n) is 16.5. The molecule has 0 aliphatic rings. The van der Waals surface area contributed by atoms with E-state index in [0.29, 0.717) is 0 Å². The Morgan fingerprint density at radius 2 is 1.77 bits per heavy atom. The standard InChI is InChI=1S/C23H20N4S3/c1-2-12-27-21(19-15-28-20-11-7-6-10-18(19)20)25-26-23(27)30-14-17-13-29-22(24-17)16-8-4-3-5-9-16/h3-11,13,15H,2,12,14H2,1H3. The summed E-state index contributed by atoms with van der Waals surface area (Å²) in [6.45, 7) is 3.09. The van der Waals surface area contributed by atoms with Gasteiger partial charge in [0.1, 0.15) is 5.01 Å². The molecular formula is C23H20N4S3. The van der Waals surface area contributed by atoms with Crippen LogP contribution in [0, 0.1) is 0 Å². The van der Waals surface area contributed by atoms with Gasteiger partial charge >= 0.3 is 0 Å². The molecule has 4 nitrogen and oxygen atoms in total. The van der Waals surface area contributed by atoms with Gasteiger partial charge in [-0.2, -0.15) is 0 Å². The molecule has 0 amide bonds. The first-order chi connectivity index (χ1) is 14.8. The van der Waals surface area contributed by atoms with Crippen LogP contribution < -0.4 is 0 Å². The van der Waals surface area contributed by atoms with Crippen LogP contribution in [0.4, 0.5) is 0 Å². The summed E-state index contributed by atoms with van der Waals surface area (Å²) in [7, 11) is 0. The van der Waals surface area contributed by atoms with Crippen molar-refractivity contribution in [2.24, 2.45) is 0 Å². The lowest BCUT2D eigenvalue weighted by molar-refractivity contribution is 0.626. The molecule has 0 radical (unpaired) electrons. The molecule has 0 aliphatic carbocycles. The first kappa shape index (κ1) is 19.5. The number of nitrogens with zero attached hydrogens (tertiary/aromatic N) is 4. The Labute approximate surface area is 187 Å². The van der Waals surface area contributed by atoms with Crippen LogP contribution in [0.5, 0.6) is 0 Å². The Balaban J connectivity index is 1.40. The Morgan fingerprint density at radius 1 is 0.933 bits per heavy atom. The molecule has 3 heterocycles. The predicted octanol–water partition coefficient (Wildman–Crippen LogP) is 6.99. The van der Waals surface area contributed by atoms with Crippen LogP contribution in [0.3, 0.4) is 0 Å². The second-order valence-electron chi connectivity index (χ2n) is 6.90. The van der Waals surface area contributed by atoms with Crippen LogP contribution in [0.1, 0.15) is 19.0 Å². The summed E-state index contributed by atoms with van der Waals surface area (Å²) in [4.78, 5) is 4.81. The molecule has 0 bridgehead atoms.